The maximum absolute atomic E-state index is 5.61. The summed E-state index contributed by atoms with van der Waals surface area (Å²) >= 11 is 1.73. The molecule has 15 heavy (non-hydrogen) atoms. The van der Waals surface area contributed by atoms with Gasteiger partial charge in [-0.2, -0.15) is 0 Å². The van der Waals surface area contributed by atoms with E-state index in [0.29, 0.717) is 6.54 Å². The molecule has 0 aromatic carbocycles. The predicted molar refractivity (Wildman–Crippen MR) is 60.9 cm³/mol. The van der Waals surface area contributed by atoms with Gasteiger partial charge in [0.15, 0.2) is 0 Å². The number of nitrogens with zero attached hydrogens (tertiary/aromatic N) is 2. The van der Waals surface area contributed by atoms with Gasteiger partial charge in [0.2, 0.25) is 0 Å². The summed E-state index contributed by atoms with van der Waals surface area (Å²) in [7, 11) is 0. The first-order chi connectivity index (χ1) is 7.29. The van der Waals surface area contributed by atoms with Crippen molar-refractivity contribution in [2.75, 3.05) is 26.2 Å². The fraction of sp³-hybridized carbons (Fsp3) is 0.700. The molecular weight excluding hydrogens is 210 g/mol. The number of hydrogen-bond donors (Lipinski definition) is 1. The lowest BCUT2D eigenvalue weighted by molar-refractivity contribution is -0.0258. The minimum Gasteiger partial charge on any atom is -0.374 e. The van der Waals surface area contributed by atoms with Gasteiger partial charge in [-0.1, -0.05) is 0 Å². The number of rotatable bonds is 3. The molecule has 1 aromatic heterocycles. The van der Waals surface area contributed by atoms with Crippen molar-refractivity contribution in [1.82, 2.24) is 9.88 Å². The number of aryl methyl sites for hydroxylation is 1. The van der Waals surface area contributed by atoms with Gasteiger partial charge in [-0.05, 0) is 6.92 Å². The van der Waals surface area contributed by atoms with Crippen LogP contribution >= 0.6 is 11.3 Å². The fourth-order valence-electron chi connectivity index (χ4n) is 1.75. The molecule has 1 atom stereocenters. The Hall–Kier alpha value is -0.490. The molecule has 1 unspecified atom stereocenters. The molecule has 0 aliphatic carbocycles. The highest BCUT2D eigenvalue weighted by Crippen LogP contribution is 2.16. The molecule has 1 fully saturated rings. The summed E-state index contributed by atoms with van der Waals surface area (Å²) in [5, 5.41) is 0. The Balaban J connectivity index is 1.92. The van der Waals surface area contributed by atoms with Crippen molar-refractivity contribution in [2.24, 2.45) is 5.73 Å². The van der Waals surface area contributed by atoms with Crippen molar-refractivity contribution in [3.05, 3.63) is 16.1 Å². The number of hydrogen-bond acceptors (Lipinski definition) is 5. The zero-order valence-corrected chi connectivity index (χ0v) is 9.80. The average Bonchev–Trinajstić information content (AvgIpc) is 2.65. The van der Waals surface area contributed by atoms with Crippen LogP contribution in [0.4, 0.5) is 0 Å². The van der Waals surface area contributed by atoms with Gasteiger partial charge in [0, 0.05) is 31.1 Å². The average molecular weight is 227 g/mol. The summed E-state index contributed by atoms with van der Waals surface area (Å²) < 4.78 is 5.53. The number of morpholine rings is 1. The minimum atomic E-state index is 0.201. The smallest absolute Gasteiger partial charge is 0.0824 e. The molecule has 2 rings (SSSR count). The first-order valence-corrected chi connectivity index (χ1v) is 6.10. The second kappa shape index (κ2) is 5.03. The summed E-state index contributed by atoms with van der Waals surface area (Å²) in [5.74, 6) is 0. The molecule has 0 amide bonds. The number of aromatic nitrogens is 1. The number of nitrogens with two attached hydrogens (primary N) is 1. The Kier molecular flexibility index (Phi) is 3.69. The number of ether oxygens (including phenoxy) is 1. The molecule has 1 aromatic rings. The molecule has 0 radical (unpaired) electrons. The molecule has 2 heterocycles. The van der Waals surface area contributed by atoms with Crippen LogP contribution in [0.2, 0.25) is 0 Å². The zero-order valence-electron chi connectivity index (χ0n) is 8.98. The fourth-order valence-corrected chi connectivity index (χ4v) is 2.57. The third-order valence-corrected chi connectivity index (χ3v) is 3.62. The van der Waals surface area contributed by atoms with Crippen molar-refractivity contribution in [3.63, 3.8) is 0 Å². The summed E-state index contributed by atoms with van der Waals surface area (Å²) in [6.45, 7) is 6.38. The zero-order chi connectivity index (χ0) is 10.7. The van der Waals surface area contributed by atoms with Gasteiger partial charge >= 0.3 is 0 Å². The summed E-state index contributed by atoms with van der Waals surface area (Å²) in [5.41, 5.74) is 8.66. The van der Waals surface area contributed by atoms with Crippen LogP contribution in [-0.2, 0) is 11.3 Å². The van der Waals surface area contributed by atoms with E-state index < -0.39 is 0 Å². The van der Waals surface area contributed by atoms with Crippen LogP contribution in [0.25, 0.3) is 0 Å². The lowest BCUT2D eigenvalue weighted by Gasteiger charge is -2.31. The van der Waals surface area contributed by atoms with Crippen LogP contribution in [-0.4, -0.2) is 42.2 Å². The van der Waals surface area contributed by atoms with Gasteiger partial charge in [0.1, 0.15) is 0 Å². The molecule has 1 aliphatic rings. The SMILES string of the molecule is Cc1ncsc1CN1CCOC(CN)C1. The van der Waals surface area contributed by atoms with E-state index >= 15 is 0 Å². The lowest BCUT2D eigenvalue weighted by Crippen LogP contribution is -2.45. The van der Waals surface area contributed by atoms with E-state index in [4.69, 9.17) is 10.5 Å². The third-order valence-electron chi connectivity index (χ3n) is 2.70. The van der Waals surface area contributed by atoms with Gasteiger partial charge in [0.25, 0.3) is 0 Å². The summed E-state index contributed by atoms with van der Waals surface area (Å²) in [6, 6.07) is 0. The second-order valence-corrected chi connectivity index (χ2v) is 4.76. The third kappa shape index (κ3) is 2.75. The van der Waals surface area contributed by atoms with Crippen LogP contribution in [0, 0.1) is 6.92 Å². The van der Waals surface area contributed by atoms with Crippen LogP contribution in [0.15, 0.2) is 5.51 Å². The topological polar surface area (TPSA) is 51.4 Å². The molecule has 0 saturated carbocycles. The van der Waals surface area contributed by atoms with Gasteiger partial charge < -0.3 is 10.5 Å². The molecular formula is C10H17N3OS. The largest absolute Gasteiger partial charge is 0.374 e. The van der Waals surface area contributed by atoms with E-state index in [0.717, 1.165) is 31.9 Å². The standard InChI is InChI=1S/C10H17N3OS/c1-8-10(15-7-12-8)6-13-2-3-14-9(4-11)5-13/h7,9H,2-6,11H2,1H3. The molecule has 1 saturated heterocycles. The molecule has 1 aliphatic heterocycles. The second-order valence-electron chi connectivity index (χ2n) is 3.82. The van der Waals surface area contributed by atoms with Crippen molar-refractivity contribution >= 4 is 11.3 Å². The first-order valence-electron chi connectivity index (χ1n) is 5.22. The Morgan fingerprint density at radius 2 is 2.60 bits per heavy atom. The van der Waals surface area contributed by atoms with Crippen molar-refractivity contribution in [1.29, 1.82) is 0 Å². The normalized spacial score (nSPS) is 23.2. The predicted octanol–water partition coefficient (Wildman–Crippen LogP) is 0.611. The van der Waals surface area contributed by atoms with Crippen LogP contribution in [0.5, 0.6) is 0 Å². The Morgan fingerprint density at radius 1 is 1.73 bits per heavy atom. The van der Waals surface area contributed by atoms with Crippen LogP contribution < -0.4 is 5.73 Å². The Labute approximate surface area is 94.1 Å². The van der Waals surface area contributed by atoms with E-state index in [1.807, 2.05) is 5.51 Å². The molecule has 0 bridgehead atoms. The highest BCUT2D eigenvalue weighted by molar-refractivity contribution is 7.09. The van der Waals surface area contributed by atoms with E-state index in [-0.39, 0.29) is 6.10 Å². The quantitative estimate of drug-likeness (QED) is 0.822. The molecule has 0 spiro atoms. The molecule has 4 nitrogen and oxygen atoms in total. The molecule has 5 heteroatoms. The monoisotopic (exact) mass is 227 g/mol. The lowest BCUT2D eigenvalue weighted by atomic mass is 10.2. The maximum atomic E-state index is 5.61. The van der Waals surface area contributed by atoms with E-state index in [2.05, 4.69) is 16.8 Å². The van der Waals surface area contributed by atoms with Crippen molar-refractivity contribution in [2.45, 2.75) is 19.6 Å². The number of thiazole rings is 1. The molecule has 2 N–H and O–H groups in total. The van der Waals surface area contributed by atoms with E-state index in [1.54, 1.807) is 11.3 Å². The van der Waals surface area contributed by atoms with Crippen molar-refractivity contribution < 1.29 is 4.74 Å². The summed E-state index contributed by atoms with van der Waals surface area (Å²) in [4.78, 5) is 8.00. The molecule has 84 valence electrons. The minimum absolute atomic E-state index is 0.201. The van der Waals surface area contributed by atoms with E-state index in [1.165, 1.54) is 4.88 Å². The summed E-state index contributed by atoms with van der Waals surface area (Å²) in [6.07, 6.45) is 0.201. The maximum Gasteiger partial charge on any atom is 0.0824 e. The Morgan fingerprint density at radius 3 is 3.27 bits per heavy atom. The van der Waals surface area contributed by atoms with Gasteiger partial charge in [-0.25, -0.2) is 4.98 Å². The van der Waals surface area contributed by atoms with E-state index in [9.17, 15) is 0 Å². The van der Waals surface area contributed by atoms with Crippen molar-refractivity contribution in [3.8, 4) is 0 Å². The first kappa shape index (κ1) is 11.0. The van der Waals surface area contributed by atoms with Gasteiger partial charge in [0.05, 0.1) is 23.9 Å². The van der Waals surface area contributed by atoms with Crippen LogP contribution in [0.3, 0.4) is 0 Å². The van der Waals surface area contributed by atoms with Gasteiger partial charge in [-0.15, -0.1) is 11.3 Å². The van der Waals surface area contributed by atoms with Crippen LogP contribution in [0.1, 0.15) is 10.6 Å². The highest BCUT2D eigenvalue weighted by Gasteiger charge is 2.19. The Bertz CT molecular complexity index is 315. The van der Waals surface area contributed by atoms with Gasteiger partial charge in [-0.3, -0.25) is 4.90 Å². The highest BCUT2D eigenvalue weighted by atomic mass is 32.1.